The van der Waals surface area contributed by atoms with Crippen molar-refractivity contribution in [2.75, 3.05) is 33.2 Å². The van der Waals surface area contributed by atoms with E-state index in [4.69, 9.17) is 0 Å². The number of hydrogen-bond donors (Lipinski definition) is 2. The number of likely N-dealkylation sites (tertiary alicyclic amines) is 1. The average Bonchev–Trinajstić information content (AvgIpc) is 2.84. The molecular weight excluding hydrogens is 226 g/mol. The second-order valence-corrected chi connectivity index (χ2v) is 5.83. The largest absolute Gasteiger partial charge is 0.352 e. The second-order valence-electron chi connectivity index (χ2n) is 5.83. The molecule has 18 heavy (non-hydrogen) atoms. The summed E-state index contributed by atoms with van der Waals surface area (Å²) in [4.78, 5) is 14.2. The van der Waals surface area contributed by atoms with Gasteiger partial charge in [-0.3, -0.25) is 9.69 Å². The Labute approximate surface area is 110 Å². The molecule has 0 unspecified atom stereocenters. The summed E-state index contributed by atoms with van der Waals surface area (Å²) in [6.45, 7) is 3.86. The summed E-state index contributed by atoms with van der Waals surface area (Å²) in [6.07, 6.45) is 7.35. The fourth-order valence-corrected chi connectivity index (χ4v) is 3.18. The van der Waals surface area contributed by atoms with Gasteiger partial charge in [0.1, 0.15) is 0 Å². The third-order valence-corrected chi connectivity index (χ3v) is 4.29. The average molecular weight is 253 g/mol. The van der Waals surface area contributed by atoms with Crippen LogP contribution in [0.5, 0.6) is 0 Å². The highest BCUT2D eigenvalue weighted by atomic mass is 16.2. The summed E-state index contributed by atoms with van der Waals surface area (Å²) in [7, 11) is 2.02. The van der Waals surface area contributed by atoms with E-state index in [1.54, 1.807) is 0 Å². The molecule has 4 heteroatoms. The Morgan fingerprint density at radius 2 is 1.83 bits per heavy atom. The van der Waals surface area contributed by atoms with Crippen molar-refractivity contribution in [3.8, 4) is 0 Å². The van der Waals surface area contributed by atoms with Crippen molar-refractivity contribution < 1.29 is 4.79 Å². The number of carbonyl (C=O) groups is 1. The molecule has 1 aliphatic carbocycles. The summed E-state index contributed by atoms with van der Waals surface area (Å²) in [5.74, 6) is 1.03. The van der Waals surface area contributed by atoms with Gasteiger partial charge < -0.3 is 10.6 Å². The summed E-state index contributed by atoms with van der Waals surface area (Å²) in [6, 6.07) is 0.458. The van der Waals surface area contributed by atoms with Crippen LogP contribution in [-0.4, -0.2) is 50.1 Å². The van der Waals surface area contributed by atoms with Crippen LogP contribution in [0.25, 0.3) is 0 Å². The molecule has 2 aliphatic rings. The first-order valence-electron chi connectivity index (χ1n) is 7.44. The Balaban J connectivity index is 1.63. The number of nitrogens with one attached hydrogen (secondary N) is 2. The first-order chi connectivity index (χ1) is 8.78. The fourth-order valence-electron chi connectivity index (χ4n) is 3.18. The maximum absolute atomic E-state index is 11.9. The van der Waals surface area contributed by atoms with Gasteiger partial charge in [-0.15, -0.1) is 0 Å². The van der Waals surface area contributed by atoms with E-state index in [0.717, 1.165) is 25.6 Å². The second kappa shape index (κ2) is 7.10. The molecular formula is C14H27N3O. The molecule has 1 amide bonds. The van der Waals surface area contributed by atoms with Crippen molar-refractivity contribution in [1.29, 1.82) is 0 Å². The van der Waals surface area contributed by atoms with Crippen LogP contribution in [-0.2, 0) is 4.79 Å². The predicted octanol–water partition coefficient (Wildman–Crippen LogP) is 0.977. The number of piperidine rings is 1. The summed E-state index contributed by atoms with van der Waals surface area (Å²) in [5, 5.41) is 6.41. The van der Waals surface area contributed by atoms with E-state index in [2.05, 4.69) is 15.5 Å². The molecule has 0 atom stereocenters. The number of rotatable bonds is 5. The summed E-state index contributed by atoms with van der Waals surface area (Å²) in [5.41, 5.74) is 0. The first kappa shape index (κ1) is 13.8. The quantitative estimate of drug-likeness (QED) is 0.767. The zero-order chi connectivity index (χ0) is 12.8. The van der Waals surface area contributed by atoms with Crippen LogP contribution >= 0.6 is 0 Å². The first-order valence-corrected chi connectivity index (χ1v) is 7.44. The van der Waals surface area contributed by atoms with Gasteiger partial charge in [-0.1, -0.05) is 12.8 Å². The van der Waals surface area contributed by atoms with E-state index in [1.165, 1.54) is 38.5 Å². The van der Waals surface area contributed by atoms with E-state index in [-0.39, 0.29) is 5.91 Å². The lowest BCUT2D eigenvalue weighted by molar-refractivity contribution is -0.123. The van der Waals surface area contributed by atoms with Crippen LogP contribution in [0, 0.1) is 5.92 Å². The van der Waals surface area contributed by atoms with Gasteiger partial charge in [-0.2, -0.15) is 0 Å². The fraction of sp³-hybridized carbons (Fsp3) is 0.929. The van der Waals surface area contributed by atoms with Crippen molar-refractivity contribution in [2.24, 2.45) is 5.92 Å². The Morgan fingerprint density at radius 1 is 1.17 bits per heavy atom. The molecule has 0 aromatic rings. The Morgan fingerprint density at radius 3 is 2.44 bits per heavy atom. The minimum atomic E-state index is 0.231. The van der Waals surface area contributed by atoms with Gasteiger partial charge in [0.25, 0.3) is 0 Å². The number of hydrogen-bond acceptors (Lipinski definition) is 3. The lowest BCUT2D eigenvalue weighted by atomic mass is 9.97. The summed E-state index contributed by atoms with van der Waals surface area (Å²) < 4.78 is 0. The molecule has 1 aliphatic heterocycles. The molecule has 4 nitrogen and oxygen atoms in total. The topological polar surface area (TPSA) is 44.4 Å². The zero-order valence-corrected chi connectivity index (χ0v) is 11.6. The van der Waals surface area contributed by atoms with Crippen molar-refractivity contribution in [3.05, 3.63) is 0 Å². The lowest BCUT2D eigenvalue weighted by Crippen LogP contribution is -2.44. The van der Waals surface area contributed by atoms with Gasteiger partial charge in [-0.25, -0.2) is 0 Å². The van der Waals surface area contributed by atoms with E-state index in [0.29, 0.717) is 12.6 Å². The molecule has 0 aromatic carbocycles. The molecule has 0 bridgehead atoms. The Bertz CT molecular complexity index is 256. The maximum Gasteiger partial charge on any atom is 0.234 e. The molecule has 2 N–H and O–H groups in total. The molecule has 0 spiro atoms. The molecule has 2 fully saturated rings. The highest BCUT2D eigenvalue weighted by Gasteiger charge is 2.22. The SMILES string of the molecule is CNCC1CCN(CC(=O)NC2CCCC2)CC1. The van der Waals surface area contributed by atoms with Gasteiger partial charge in [0.2, 0.25) is 5.91 Å². The van der Waals surface area contributed by atoms with E-state index in [1.807, 2.05) is 7.05 Å². The number of amides is 1. The molecule has 1 heterocycles. The van der Waals surface area contributed by atoms with E-state index in [9.17, 15) is 4.79 Å². The number of nitrogens with zero attached hydrogens (tertiary/aromatic N) is 1. The molecule has 0 radical (unpaired) electrons. The standard InChI is InChI=1S/C14H27N3O/c1-15-10-12-6-8-17(9-7-12)11-14(18)16-13-4-2-3-5-13/h12-13,15H,2-11H2,1H3,(H,16,18). The Hall–Kier alpha value is -0.610. The van der Waals surface area contributed by atoms with Crippen LogP contribution in [0.1, 0.15) is 38.5 Å². The highest BCUT2D eigenvalue weighted by Crippen LogP contribution is 2.18. The molecule has 104 valence electrons. The molecule has 2 rings (SSSR count). The van der Waals surface area contributed by atoms with Crippen LogP contribution in [0.4, 0.5) is 0 Å². The Kier molecular flexibility index (Phi) is 5.45. The van der Waals surface area contributed by atoms with E-state index < -0.39 is 0 Å². The third-order valence-electron chi connectivity index (χ3n) is 4.29. The minimum Gasteiger partial charge on any atom is -0.352 e. The van der Waals surface area contributed by atoms with Gasteiger partial charge >= 0.3 is 0 Å². The van der Waals surface area contributed by atoms with Gasteiger partial charge in [-0.05, 0) is 58.3 Å². The minimum absolute atomic E-state index is 0.231. The van der Waals surface area contributed by atoms with Crippen molar-refractivity contribution >= 4 is 5.91 Å². The summed E-state index contributed by atoms with van der Waals surface area (Å²) >= 11 is 0. The maximum atomic E-state index is 11.9. The van der Waals surface area contributed by atoms with Crippen LogP contribution in [0.15, 0.2) is 0 Å². The van der Waals surface area contributed by atoms with Gasteiger partial charge in [0.15, 0.2) is 0 Å². The monoisotopic (exact) mass is 253 g/mol. The van der Waals surface area contributed by atoms with E-state index >= 15 is 0 Å². The van der Waals surface area contributed by atoms with Crippen molar-refractivity contribution in [3.63, 3.8) is 0 Å². The molecule has 1 saturated carbocycles. The normalized spacial score (nSPS) is 23.4. The smallest absolute Gasteiger partial charge is 0.234 e. The third kappa shape index (κ3) is 4.25. The van der Waals surface area contributed by atoms with Crippen LogP contribution < -0.4 is 10.6 Å². The van der Waals surface area contributed by atoms with Gasteiger partial charge in [0.05, 0.1) is 6.54 Å². The lowest BCUT2D eigenvalue weighted by Gasteiger charge is -2.31. The van der Waals surface area contributed by atoms with Crippen LogP contribution in [0.3, 0.4) is 0 Å². The zero-order valence-electron chi connectivity index (χ0n) is 11.6. The predicted molar refractivity (Wildman–Crippen MR) is 73.5 cm³/mol. The highest BCUT2D eigenvalue weighted by molar-refractivity contribution is 5.78. The molecule has 1 saturated heterocycles. The molecule has 0 aromatic heterocycles. The van der Waals surface area contributed by atoms with Crippen molar-refractivity contribution in [2.45, 2.75) is 44.6 Å². The van der Waals surface area contributed by atoms with Gasteiger partial charge in [0, 0.05) is 6.04 Å². The van der Waals surface area contributed by atoms with Crippen LogP contribution in [0.2, 0.25) is 0 Å². The van der Waals surface area contributed by atoms with Crippen molar-refractivity contribution in [1.82, 2.24) is 15.5 Å². The number of carbonyl (C=O) groups excluding carboxylic acids is 1.